The second-order valence-electron chi connectivity index (χ2n) is 3.09. The molecule has 1 heterocycles. The Morgan fingerprint density at radius 2 is 1.00 bits per heavy atom. The van der Waals surface area contributed by atoms with Gasteiger partial charge in [0.2, 0.25) is 0 Å². The minimum absolute atomic E-state index is 0.823. The third-order valence-corrected chi connectivity index (χ3v) is 13.3. The van der Waals surface area contributed by atoms with E-state index in [4.69, 9.17) is 24.7 Å². The van der Waals surface area contributed by atoms with E-state index >= 15 is 0 Å². The van der Waals surface area contributed by atoms with Crippen molar-refractivity contribution in [3.05, 3.63) is 0 Å². The van der Waals surface area contributed by atoms with E-state index in [-0.39, 0.29) is 0 Å². The van der Waals surface area contributed by atoms with Crippen molar-refractivity contribution in [1.82, 2.24) is 0 Å². The SMILES string of the molecule is C[Si]1(C)O[SiH2]O[SiH2]O[SiH2]O[SiH2]O[SiH2]O1. The maximum absolute atomic E-state index is 5.64. The van der Waals surface area contributed by atoms with Crippen molar-refractivity contribution in [1.29, 1.82) is 0 Å². The van der Waals surface area contributed by atoms with Crippen molar-refractivity contribution in [2.45, 2.75) is 13.1 Å². The first-order valence-electron chi connectivity index (χ1n) is 4.29. The Morgan fingerprint density at radius 3 is 1.43 bits per heavy atom. The second kappa shape index (κ2) is 7.35. The van der Waals surface area contributed by atoms with Crippen molar-refractivity contribution >= 4 is 58.6 Å². The highest BCUT2D eigenvalue weighted by molar-refractivity contribution is 6.72. The van der Waals surface area contributed by atoms with Crippen LogP contribution in [0.25, 0.3) is 0 Å². The van der Waals surface area contributed by atoms with E-state index in [2.05, 4.69) is 0 Å². The molecule has 1 aliphatic heterocycles. The molecule has 1 aliphatic rings. The zero-order valence-corrected chi connectivity index (χ0v) is 16.6. The van der Waals surface area contributed by atoms with Crippen LogP contribution in [0.15, 0.2) is 0 Å². The van der Waals surface area contributed by atoms with Crippen molar-refractivity contribution in [2.75, 3.05) is 0 Å². The van der Waals surface area contributed by atoms with Crippen LogP contribution in [-0.4, -0.2) is 58.6 Å². The van der Waals surface area contributed by atoms with Gasteiger partial charge in [-0.3, -0.25) is 0 Å². The van der Waals surface area contributed by atoms with E-state index in [1.54, 1.807) is 0 Å². The van der Waals surface area contributed by atoms with Gasteiger partial charge in [-0.25, -0.2) is 0 Å². The molecular weight excluding hydrogens is 289 g/mol. The summed E-state index contributed by atoms with van der Waals surface area (Å²) in [7, 11) is -6.26. The molecule has 0 spiro atoms. The van der Waals surface area contributed by atoms with Crippen molar-refractivity contribution < 1.29 is 24.7 Å². The first-order chi connectivity index (χ1) is 6.71. The molecule has 14 heavy (non-hydrogen) atoms. The Labute approximate surface area is 96.5 Å². The molecule has 0 atom stereocenters. The molecule has 0 radical (unpaired) electrons. The topological polar surface area (TPSA) is 55.4 Å². The normalized spacial score (nSPS) is 34.7. The number of rotatable bonds is 0. The molecule has 0 aromatic rings. The van der Waals surface area contributed by atoms with Crippen molar-refractivity contribution in [3.63, 3.8) is 0 Å². The summed E-state index contributed by atoms with van der Waals surface area (Å²) < 4.78 is 32.6. The molecule has 0 aliphatic carbocycles. The van der Waals surface area contributed by atoms with Crippen molar-refractivity contribution in [2.24, 2.45) is 0 Å². The lowest BCUT2D eigenvalue weighted by Gasteiger charge is -2.24. The molecule has 0 aromatic heterocycles. The van der Waals surface area contributed by atoms with Gasteiger partial charge < -0.3 is 24.7 Å². The van der Waals surface area contributed by atoms with E-state index in [1.807, 2.05) is 13.1 Å². The highest BCUT2D eigenvalue weighted by atomic mass is 28.5. The third-order valence-electron chi connectivity index (χ3n) is 1.48. The Bertz CT molecular complexity index is 141. The van der Waals surface area contributed by atoms with Gasteiger partial charge in [-0.1, -0.05) is 0 Å². The minimum atomic E-state index is -1.95. The van der Waals surface area contributed by atoms with E-state index in [9.17, 15) is 0 Å². The van der Waals surface area contributed by atoms with Gasteiger partial charge in [0.1, 0.15) is 0 Å². The van der Waals surface area contributed by atoms with Gasteiger partial charge in [-0.05, 0) is 13.1 Å². The quantitative estimate of drug-likeness (QED) is 0.423. The predicted octanol–water partition coefficient (Wildman–Crippen LogP) is -4.20. The lowest BCUT2D eigenvalue weighted by atomic mass is 11.9. The summed E-state index contributed by atoms with van der Waals surface area (Å²) in [6.07, 6.45) is 0. The first-order valence-corrected chi connectivity index (χ1v) is 12.9. The maximum atomic E-state index is 5.64. The molecule has 6 nitrogen and oxygen atoms in total. The summed E-state index contributed by atoms with van der Waals surface area (Å²) in [4.78, 5) is 0. The Balaban J connectivity index is 2.24. The van der Waals surface area contributed by atoms with Crippen LogP contribution in [0.3, 0.4) is 0 Å². The molecule has 0 aromatic carbocycles. The molecule has 0 bridgehead atoms. The molecule has 1 rings (SSSR count). The van der Waals surface area contributed by atoms with E-state index < -0.39 is 58.6 Å². The van der Waals surface area contributed by atoms with Gasteiger partial charge >= 0.3 is 8.56 Å². The minimum Gasteiger partial charge on any atom is -0.425 e. The van der Waals surface area contributed by atoms with Gasteiger partial charge in [0.15, 0.2) is 0 Å². The summed E-state index contributed by atoms with van der Waals surface area (Å²) in [5.74, 6) is 0. The maximum Gasteiger partial charge on any atom is 0.313 e. The van der Waals surface area contributed by atoms with Crippen LogP contribution in [0.5, 0.6) is 0 Å². The van der Waals surface area contributed by atoms with Crippen LogP contribution >= 0.6 is 0 Å². The van der Waals surface area contributed by atoms with Crippen LogP contribution in [0.2, 0.25) is 13.1 Å². The Hall–Kier alpha value is 1.06. The fourth-order valence-corrected chi connectivity index (χ4v) is 11.9. The largest absolute Gasteiger partial charge is 0.425 e. The van der Waals surface area contributed by atoms with Gasteiger partial charge in [-0.15, -0.1) is 0 Å². The van der Waals surface area contributed by atoms with Crippen LogP contribution < -0.4 is 0 Å². The summed E-state index contributed by atoms with van der Waals surface area (Å²) in [5.41, 5.74) is 0. The average Bonchev–Trinajstić information content (AvgIpc) is 2.11. The second-order valence-corrected chi connectivity index (χ2v) is 15.9. The van der Waals surface area contributed by atoms with Gasteiger partial charge in [0.05, 0.1) is 0 Å². The van der Waals surface area contributed by atoms with Gasteiger partial charge in [-0.2, -0.15) is 0 Å². The molecule has 0 saturated carbocycles. The lowest BCUT2D eigenvalue weighted by molar-refractivity contribution is 0.324. The van der Waals surface area contributed by atoms with Crippen LogP contribution in [-0.2, 0) is 24.7 Å². The highest BCUT2D eigenvalue weighted by Crippen LogP contribution is 2.04. The van der Waals surface area contributed by atoms with Gasteiger partial charge in [0, 0.05) is 0 Å². The first kappa shape index (κ1) is 13.1. The predicted molar refractivity (Wildman–Crippen MR) is 66.7 cm³/mol. The average molecular weight is 305 g/mol. The summed E-state index contributed by atoms with van der Waals surface area (Å²) in [6.45, 7) is 4.04. The number of hydrogen-bond donors (Lipinski definition) is 0. The Kier molecular flexibility index (Phi) is 6.90. The summed E-state index contributed by atoms with van der Waals surface area (Å²) in [5, 5.41) is 0. The van der Waals surface area contributed by atoms with Crippen LogP contribution in [0, 0.1) is 0 Å². The molecule has 1 fully saturated rings. The molecule has 12 heteroatoms. The smallest absolute Gasteiger partial charge is 0.313 e. The van der Waals surface area contributed by atoms with E-state index in [0.29, 0.717) is 0 Å². The molecule has 1 saturated heterocycles. The molecule has 84 valence electrons. The standard InChI is InChI=1S/C2H16O6Si6/c1-14(2)7-12-5-10-3-9-4-11-6-13-8-14/h9-13H2,1-2H3. The van der Waals surface area contributed by atoms with E-state index in [0.717, 1.165) is 0 Å². The zero-order chi connectivity index (χ0) is 10.3. The number of hydrogen-bond acceptors (Lipinski definition) is 6. The monoisotopic (exact) mass is 304 g/mol. The fraction of sp³-hybridized carbons (Fsp3) is 1.00. The zero-order valence-electron chi connectivity index (χ0n) is 8.49. The fourth-order valence-electron chi connectivity index (χ4n) is 0.722. The van der Waals surface area contributed by atoms with Crippen LogP contribution in [0.1, 0.15) is 0 Å². The van der Waals surface area contributed by atoms with Gasteiger partial charge in [0.25, 0.3) is 50.0 Å². The highest BCUT2D eigenvalue weighted by Gasteiger charge is 2.24. The molecule has 0 N–H and O–H groups in total. The third kappa shape index (κ3) is 6.53. The molecular formula is C2H16O6Si6. The summed E-state index contributed by atoms with van der Waals surface area (Å²) >= 11 is 0. The lowest BCUT2D eigenvalue weighted by Crippen LogP contribution is -2.40. The summed E-state index contributed by atoms with van der Waals surface area (Å²) in [6, 6.07) is 0. The molecule has 0 amide bonds. The Morgan fingerprint density at radius 1 is 0.643 bits per heavy atom. The molecule has 0 unspecified atom stereocenters. The van der Waals surface area contributed by atoms with E-state index in [1.165, 1.54) is 0 Å². The van der Waals surface area contributed by atoms with Crippen molar-refractivity contribution in [3.8, 4) is 0 Å². The van der Waals surface area contributed by atoms with Crippen LogP contribution in [0.4, 0.5) is 0 Å².